The lowest BCUT2D eigenvalue weighted by atomic mass is 10.1. The molecule has 0 amide bonds. The Hall–Kier alpha value is -1.22. The van der Waals surface area contributed by atoms with Gasteiger partial charge in [0.2, 0.25) is 0 Å². The fourth-order valence-corrected chi connectivity index (χ4v) is 2.97. The summed E-state index contributed by atoms with van der Waals surface area (Å²) in [5.74, 6) is 1.37. The van der Waals surface area contributed by atoms with Gasteiger partial charge in [0.05, 0.1) is 5.02 Å². The number of alkyl halides is 1. The lowest BCUT2D eigenvalue weighted by molar-refractivity contribution is 0.488. The molecular weight excluding hydrogens is 371 g/mol. The number of hydrogen-bond donors (Lipinski definition) is 0. The molecule has 0 atom stereocenters. The van der Waals surface area contributed by atoms with E-state index in [2.05, 4.69) is 15.9 Å². The van der Waals surface area contributed by atoms with Gasteiger partial charge in [0.15, 0.2) is 0 Å². The van der Waals surface area contributed by atoms with Crippen LogP contribution in [0.2, 0.25) is 10.0 Å². The van der Waals surface area contributed by atoms with E-state index in [0.717, 1.165) is 27.4 Å². The number of rotatable bonds is 3. The summed E-state index contributed by atoms with van der Waals surface area (Å²) in [5.41, 5.74) is 1.10. The monoisotopic (exact) mass is 380 g/mol. The third-order valence-corrected chi connectivity index (χ3v) is 4.47. The molecule has 4 heteroatoms. The second kappa shape index (κ2) is 6.27. The van der Waals surface area contributed by atoms with Crippen LogP contribution in [0, 0.1) is 0 Å². The van der Waals surface area contributed by atoms with Gasteiger partial charge in [-0.05, 0) is 29.8 Å². The van der Waals surface area contributed by atoms with E-state index in [1.54, 1.807) is 0 Å². The molecule has 0 bridgehead atoms. The molecule has 0 aliphatic carbocycles. The summed E-state index contributed by atoms with van der Waals surface area (Å²) < 4.78 is 5.97. The van der Waals surface area contributed by atoms with E-state index < -0.39 is 0 Å². The molecule has 0 radical (unpaired) electrons. The van der Waals surface area contributed by atoms with Gasteiger partial charge in [-0.2, -0.15) is 0 Å². The van der Waals surface area contributed by atoms with Gasteiger partial charge in [0.1, 0.15) is 11.5 Å². The molecular formula is C17H11BrCl2O. The summed E-state index contributed by atoms with van der Waals surface area (Å²) in [4.78, 5) is 0. The van der Waals surface area contributed by atoms with Crippen molar-refractivity contribution in [1.29, 1.82) is 0 Å². The zero-order chi connectivity index (χ0) is 14.8. The molecule has 21 heavy (non-hydrogen) atoms. The van der Waals surface area contributed by atoms with Crippen molar-refractivity contribution in [3.63, 3.8) is 0 Å². The predicted molar refractivity (Wildman–Crippen MR) is 93.1 cm³/mol. The van der Waals surface area contributed by atoms with Crippen LogP contribution in [-0.2, 0) is 5.33 Å². The second-order valence-corrected chi connectivity index (χ2v) is 5.97. The summed E-state index contributed by atoms with van der Waals surface area (Å²) in [7, 11) is 0. The van der Waals surface area contributed by atoms with E-state index in [9.17, 15) is 0 Å². The van der Waals surface area contributed by atoms with Crippen molar-refractivity contribution in [1.82, 2.24) is 0 Å². The quantitative estimate of drug-likeness (QED) is 0.451. The van der Waals surface area contributed by atoms with E-state index in [-0.39, 0.29) is 0 Å². The summed E-state index contributed by atoms with van der Waals surface area (Å²) >= 11 is 15.9. The Labute approximate surface area is 141 Å². The average Bonchev–Trinajstić information content (AvgIpc) is 2.52. The Kier molecular flexibility index (Phi) is 4.39. The van der Waals surface area contributed by atoms with Crippen LogP contribution in [0.15, 0.2) is 54.6 Å². The molecule has 3 aromatic carbocycles. The first-order valence-electron chi connectivity index (χ1n) is 6.38. The third-order valence-electron chi connectivity index (χ3n) is 3.20. The SMILES string of the molecule is Clc1cc(CBr)ccc1Oc1ccc(Cl)c2ccccc12. The van der Waals surface area contributed by atoms with Gasteiger partial charge >= 0.3 is 0 Å². The minimum Gasteiger partial charge on any atom is -0.455 e. The molecule has 0 unspecified atom stereocenters. The largest absolute Gasteiger partial charge is 0.455 e. The van der Waals surface area contributed by atoms with Crippen molar-refractivity contribution in [3.8, 4) is 11.5 Å². The molecule has 3 aromatic rings. The molecule has 0 aliphatic heterocycles. The number of hydrogen-bond acceptors (Lipinski definition) is 1. The highest BCUT2D eigenvalue weighted by molar-refractivity contribution is 9.08. The van der Waals surface area contributed by atoms with Crippen LogP contribution in [0.25, 0.3) is 10.8 Å². The van der Waals surface area contributed by atoms with Crippen LogP contribution in [0.5, 0.6) is 11.5 Å². The Bertz CT molecular complexity index is 802. The maximum absolute atomic E-state index is 6.27. The molecule has 0 saturated carbocycles. The standard InChI is InChI=1S/C17H11BrCl2O/c18-10-11-5-7-17(15(20)9-11)21-16-8-6-14(19)12-3-1-2-4-13(12)16/h1-9H,10H2. The number of ether oxygens (including phenoxy) is 1. The Morgan fingerprint density at radius 2 is 1.52 bits per heavy atom. The van der Waals surface area contributed by atoms with Crippen molar-refractivity contribution >= 4 is 49.9 Å². The first kappa shape index (κ1) is 14.7. The van der Waals surface area contributed by atoms with Gasteiger partial charge in [0, 0.05) is 21.1 Å². The van der Waals surface area contributed by atoms with Crippen molar-refractivity contribution in [2.75, 3.05) is 0 Å². The molecule has 0 saturated heterocycles. The Morgan fingerprint density at radius 3 is 2.24 bits per heavy atom. The van der Waals surface area contributed by atoms with Gasteiger partial charge in [0.25, 0.3) is 0 Å². The van der Waals surface area contributed by atoms with Gasteiger partial charge in [-0.3, -0.25) is 0 Å². The molecule has 0 N–H and O–H groups in total. The van der Waals surface area contributed by atoms with Crippen LogP contribution in [0.1, 0.15) is 5.56 Å². The van der Waals surface area contributed by atoms with Gasteiger partial charge < -0.3 is 4.74 Å². The molecule has 0 spiro atoms. The Morgan fingerprint density at radius 1 is 0.810 bits per heavy atom. The predicted octanol–water partition coefficient (Wildman–Crippen LogP) is 6.83. The van der Waals surface area contributed by atoms with E-state index in [1.165, 1.54) is 0 Å². The fourth-order valence-electron chi connectivity index (χ4n) is 2.15. The zero-order valence-electron chi connectivity index (χ0n) is 10.9. The molecule has 3 rings (SSSR count). The topological polar surface area (TPSA) is 9.23 Å². The Balaban J connectivity index is 2.04. The first-order valence-corrected chi connectivity index (χ1v) is 8.26. The lowest BCUT2D eigenvalue weighted by Crippen LogP contribution is -1.88. The minimum atomic E-state index is 0.589. The van der Waals surface area contributed by atoms with Crippen molar-refractivity contribution in [2.45, 2.75) is 5.33 Å². The van der Waals surface area contributed by atoms with E-state index >= 15 is 0 Å². The molecule has 0 aliphatic rings. The van der Waals surface area contributed by atoms with E-state index in [0.29, 0.717) is 15.8 Å². The minimum absolute atomic E-state index is 0.589. The van der Waals surface area contributed by atoms with Crippen LogP contribution < -0.4 is 4.74 Å². The van der Waals surface area contributed by atoms with Crippen LogP contribution in [-0.4, -0.2) is 0 Å². The highest BCUT2D eigenvalue weighted by Gasteiger charge is 2.09. The summed E-state index contributed by atoms with van der Waals surface area (Å²) in [6.45, 7) is 0. The highest BCUT2D eigenvalue weighted by atomic mass is 79.9. The molecule has 0 heterocycles. The van der Waals surface area contributed by atoms with Crippen molar-refractivity contribution in [2.24, 2.45) is 0 Å². The van der Waals surface area contributed by atoms with Crippen LogP contribution in [0.4, 0.5) is 0 Å². The zero-order valence-corrected chi connectivity index (χ0v) is 14.0. The number of fused-ring (bicyclic) bond motifs is 1. The van der Waals surface area contributed by atoms with Crippen molar-refractivity contribution < 1.29 is 4.74 Å². The summed E-state index contributed by atoms with van der Waals surface area (Å²) in [6, 6.07) is 17.3. The first-order chi connectivity index (χ1) is 10.2. The summed E-state index contributed by atoms with van der Waals surface area (Å²) in [5, 5.41) is 3.98. The van der Waals surface area contributed by atoms with E-state index in [1.807, 2.05) is 54.6 Å². The average molecular weight is 382 g/mol. The number of benzene rings is 3. The van der Waals surface area contributed by atoms with Crippen LogP contribution >= 0.6 is 39.1 Å². The maximum Gasteiger partial charge on any atom is 0.146 e. The third kappa shape index (κ3) is 3.03. The van der Waals surface area contributed by atoms with Gasteiger partial charge in [-0.1, -0.05) is 69.5 Å². The van der Waals surface area contributed by atoms with Crippen LogP contribution in [0.3, 0.4) is 0 Å². The van der Waals surface area contributed by atoms with E-state index in [4.69, 9.17) is 27.9 Å². The number of halogens is 3. The smallest absolute Gasteiger partial charge is 0.146 e. The molecule has 0 aromatic heterocycles. The van der Waals surface area contributed by atoms with Gasteiger partial charge in [-0.15, -0.1) is 0 Å². The fraction of sp³-hybridized carbons (Fsp3) is 0.0588. The molecule has 0 fully saturated rings. The second-order valence-electron chi connectivity index (χ2n) is 4.59. The lowest BCUT2D eigenvalue weighted by Gasteiger charge is -2.11. The summed E-state index contributed by atoms with van der Waals surface area (Å²) in [6.07, 6.45) is 0. The normalized spacial score (nSPS) is 10.8. The molecule has 1 nitrogen and oxygen atoms in total. The molecule has 106 valence electrons. The highest BCUT2D eigenvalue weighted by Crippen LogP contribution is 2.36. The maximum atomic E-state index is 6.27. The van der Waals surface area contributed by atoms with Crippen molar-refractivity contribution in [3.05, 3.63) is 70.2 Å². The van der Waals surface area contributed by atoms with Gasteiger partial charge in [-0.25, -0.2) is 0 Å².